The van der Waals surface area contributed by atoms with Crippen LogP contribution in [0.4, 0.5) is 4.79 Å². The van der Waals surface area contributed by atoms with Crippen molar-refractivity contribution in [2.75, 3.05) is 13.7 Å². The van der Waals surface area contributed by atoms with Crippen LogP contribution >= 0.6 is 0 Å². The van der Waals surface area contributed by atoms with Crippen LogP contribution in [0.15, 0.2) is 54.6 Å². The second-order valence-electron chi connectivity index (χ2n) is 14.6. The number of carbonyl (C=O) groups excluding carboxylic acids is 2. The minimum atomic E-state index is -1.10. The fourth-order valence-corrected chi connectivity index (χ4v) is 8.71. The molecule has 43 heavy (non-hydrogen) atoms. The molecule has 0 spiro atoms. The summed E-state index contributed by atoms with van der Waals surface area (Å²) in [5, 5.41) is 13.1. The summed E-state index contributed by atoms with van der Waals surface area (Å²) in [6.07, 6.45) is 5.90. The van der Waals surface area contributed by atoms with Crippen LogP contribution in [-0.4, -0.2) is 59.3 Å². The number of nitrogens with one attached hydrogen (secondary N) is 1. The third-order valence-corrected chi connectivity index (χ3v) is 10.5. The van der Waals surface area contributed by atoms with E-state index in [0.717, 1.165) is 36.0 Å². The first-order valence-corrected chi connectivity index (χ1v) is 15.6. The maximum Gasteiger partial charge on any atom is 0.408 e. The minimum Gasteiger partial charge on any atom is -0.480 e. The Labute approximate surface area is 254 Å². The summed E-state index contributed by atoms with van der Waals surface area (Å²) < 4.78 is 12.2. The molecule has 4 aliphatic carbocycles. The average Bonchev–Trinajstić information content (AvgIpc) is 3.37. The highest BCUT2D eigenvalue weighted by molar-refractivity contribution is 5.90. The van der Waals surface area contributed by atoms with Gasteiger partial charge in [-0.3, -0.25) is 4.79 Å². The molecular formula is C35H44N2O6. The zero-order valence-corrected chi connectivity index (χ0v) is 25.7. The lowest BCUT2D eigenvalue weighted by Gasteiger charge is -2.55. The van der Waals surface area contributed by atoms with Crippen molar-refractivity contribution in [2.45, 2.75) is 89.0 Å². The molecule has 7 rings (SSSR count). The molecule has 1 saturated heterocycles. The number of hydrogen-bond acceptors (Lipinski definition) is 5. The van der Waals surface area contributed by atoms with Crippen molar-refractivity contribution in [3.8, 4) is 11.1 Å². The number of benzene rings is 2. The lowest BCUT2D eigenvalue weighted by Crippen LogP contribution is -2.59. The molecule has 5 fully saturated rings. The summed E-state index contributed by atoms with van der Waals surface area (Å²) >= 11 is 0. The zero-order chi connectivity index (χ0) is 30.6. The third kappa shape index (κ3) is 5.66. The monoisotopic (exact) mass is 588 g/mol. The Kier molecular flexibility index (Phi) is 7.56. The molecule has 1 aliphatic heterocycles. The van der Waals surface area contributed by atoms with Gasteiger partial charge >= 0.3 is 12.1 Å². The summed E-state index contributed by atoms with van der Waals surface area (Å²) in [6.45, 7) is 5.68. The van der Waals surface area contributed by atoms with E-state index in [-0.39, 0.29) is 13.0 Å². The highest BCUT2D eigenvalue weighted by Crippen LogP contribution is 2.57. The number of amides is 2. The van der Waals surface area contributed by atoms with Gasteiger partial charge in [-0.15, -0.1) is 0 Å². The number of carbonyl (C=O) groups is 3. The summed E-state index contributed by atoms with van der Waals surface area (Å²) in [6, 6.07) is 15.8. The summed E-state index contributed by atoms with van der Waals surface area (Å²) in [7, 11) is 1.56. The molecule has 2 N–H and O–H groups in total. The number of methoxy groups -OCH3 is 1. The van der Waals surface area contributed by atoms with Gasteiger partial charge in [-0.05, 0) is 78.4 Å². The molecule has 1 heterocycles. The quantitative estimate of drug-likeness (QED) is 0.412. The molecular weight excluding hydrogens is 544 g/mol. The zero-order valence-electron chi connectivity index (χ0n) is 25.7. The molecule has 5 aliphatic rings. The van der Waals surface area contributed by atoms with Crippen molar-refractivity contribution in [1.82, 2.24) is 10.2 Å². The molecule has 3 atom stereocenters. The Morgan fingerprint density at radius 2 is 1.44 bits per heavy atom. The number of alkyl carbamates (subject to hydrolysis) is 1. The Morgan fingerprint density at radius 1 is 0.884 bits per heavy atom. The van der Waals surface area contributed by atoms with E-state index >= 15 is 0 Å². The number of ether oxygens (including phenoxy) is 2. The Bertz CT molecular complexity index is 1330. The molecule has 0 aromatic heterocycles. The number of aliphatic carboxylic acids is 1. The van der Waals surface area contributed by atoms with Crippen LogP contribution in [0.3, 0.4) is 0 Å². The lowest BCUT2D eigenvalue weighted by molar-refractivity contribution is -0.150. The average molecular weight is 589 g/mol. The summed E-state index contributed by atoms with van der Waals surface area (Å²) in [4.78, 5) is 41.6. The predicted molar refractivity (Wildman–Crippen MR) is 162 cm³/mol. The van der Waals surface area contributed by atoms with Crippen molar-refractivity contribution < 1.29 is 29.0 Å². The van der Waals surface area contributed by atoms with Crippen LogP contribution in [0.2, 0.25) is 0 Å². The van der Waals surface area contributed by atoms with E-state index in [1.54, 1.807) is 7.11 Å². The maximum absolute atomic E-state index is 14.2. The largest absolute Gasteiger partial charge is 0.480 e. The molecule has 2 amide bonds. The Balaban J connectivity index is 1.22. The van der Waals surface area contributed by atoms with E-state index in [1.165, 1.54) is 24.2 Å². The van der Waals surface area contributed by atoms with Crippen LogP contribution < -0.4 is 5.32 Å². The van der Waals surface area contributed by atoms with Gasteiger partial charge in [0.05, 0.1) is 6.54 Å². The van der Waals surface area contributed by atoms with Crippen LogP contribution in [0.25, 0.3) is 11.1 Å². The highest BCUT2D eigenvalue weighted by Gasteiger charge is 2.55. The van der Waals surface area contributed by atoms with Crippen LogP contribution in [0, 0.1) is 23.2 Å². The number of rotatable bonds is 7. The molecule has 1 unspecified atom stereocenters. The van der Waals surface area contributed by atoms with E-state index < -0.39 is 46.7 Å². The molecule has 230 valence electrons. The van der Waals surface area contributed by atoms with E-state index in [1.807, 2.05) is 75.4 Å². The van der Waals surface area contributed by atoms with Gasteiger partial charge in [-0.25, -0.2) is 9.59 Å². The van der Waals surface area contributed by atoms with Gasteiger partial charge in [0.25, 0.3) is 0 Å². The first kappa shape index (κ1) is 29.7. The number of likely N-dealkylation sites (tertiary alicyclic amines) is 1. The normalized spacial score (nSPS) is 32.0. The van der Waals surface area contributed by atoms with Gasteiger partial charge in [-0.1, -0.05) is 75.4 Å². The first-order valence-electron chi connectivity index (χ1n) is 15.6. The van der Waals surface area contributed by atoms with E-state index in [4.69, 9.17) is 9.47 Å². The SMILES string of the molecule is CO[C@@]1(c2ccc(-c3ccccc3)cc2)C[C@@H](C(=O)O)N(C(=O)C(NC(=O)OC23CC4CC(CC(C4)C2)C3)C(C)(C)C)C1. The number of hydrogen-bond donors (Lipinski definition) is 2. The number of carboxylic acids is 1. The van der Waals surface area contributed by atoms with E-state index in [0.29, 0.717) is 17.8 Å². The second-order valence-corrected chi connectivity index (χ2v) is 14.6. The second kappa shape index (κ2) is 11.0. The fraction of sp³-hybridized carbons (Fsp3) is 0.571. The van der Waals surface area contributed by atoms with Gasteiger partial charge < -0.3 is 24.8 Å². The molecule has 4 saturated carbocycles. The molecule has 4 bridgehead atoms. The van der Waals surface area contributed by atoms with E-state index in [9.17, 15) is 19.5 Å². The van der Waals surface area contributed by atoms with Crippen LogP contribution in [0.5, 0.6) is 0 Å². The van der Waals surface area contributed by atoms with Crippen molar-refractivity contribution in [3.05, 3.63) is 60.2 Å². The van der Waals surface area contributed by atoms with Crippen LogP contribution in [0.1, 0.15) is 71.3 Å². The Morgan fingerprint density at radius 3 is 1.95 bits per heavy atom. The molecule has 0 radical (unpaired) electrons. The van der Waals surface area contributed by atoms with Gasteiger partial charge in [0.15, 0.2) is 0 Å². The lowest BCUT2D eigenvalue weighted by atomic mass is 9.54. The Hall–Kier alpha value is -3.39. The molecule has 2 aromatic rings. The van der Waals surface area contributed by atoms with Crippen molar-refractivity contribution >= 4 is 18.0 Å². The van der Waals surface area contributed by atoms with Crippen molar-refractivity contribution in [2.24, 2.45) is 23.2 Å². The predicted octanol–water partition coefficient (Wildman–Crippen LogP) is 5.99. The van der Waals surface area contributed by atoms with Gasteiger partial charge in [0.2, 0.25) is 5.91 Å². The third-order valence-electron chi connectivity index (χ3n) is 10.5. The molecule has 8 heteroatoms. The molecule has 2 aromatic carbocycles. The smallest absolute Gasteiger partial charge is 0.408 e. The molecule has 8 nitrogen and oxygen atoms in total. The summed E-state index contributed by atoms with van der Waals surface area (Å²) in [5.74, 6) is 0.302. The van der Waals surface area contributed by atoms with Crippen LogP contribution in [-0.2, 0) is 24.7 Å². The van der Waals surface area contributed by atoms with Crippen molar-refractivity contribution in [1.29, 1.82) is 0 Å². The highest BCUT2D eigenvalue weighted by atomic mass is 16.6. The van der Waals surface area contributed by atoms with Gasteiger partial charge in [0, 0.05) is 13.5 Å². The first-order chi connectivity index (χ1) is 20.4. The summed E-state index contributed by atoms with van der Waals surface area (Å²) in [5.41, 5.74) is 0.778. The minimum absolute atomic E-state index is 0.0578. The fourth-order valence-electron chi connectivity index (χ4n) is 8.71. The van der Waals surface area contributed by atoms with Gasteiger partial charge in [-0.2, -0.15) is 0 Å². The van der Waals surface area contributed by atoms with E-state index in [2.05, 4.69) is 5.32 Å². The van der Waals surface area contributed by atoms with Crippen molar-refractivity contribution in [3.63, 3.8) is 0 Å². The number of nitrogens with zero attached hydrogens (tertiary/aromatic N) is 1. The number of carboxylic acid groups (broad SMARTS) is 1. The van der Waals surface area contributed by atoms with Gasteiger partial charge in [0.1, 0.15) is 23.3 Å². The topological polar surface area (TPSA) is 105 Å². The maximum atomic E-state index is 14.2. The standard InChI is InChI=1S/C35H44N2O6/c1-33(2,3)29(36-32(41)43-34-17-22-14-23(18-34)16-24(15-22)19-34)30(38)37-21-35(42-4,20-28(37)31(39)40)27-12-10-26(11-13-27)25-8-6-5-7-9-25/h5-13,22-24,28-29H,14-21H2,1-4H3,(H,36,41)(H,39,40)/t22?,23?,24?,28-,29?,34?,35-/m0/s1.